The second kappa shape index (κ2) is 19.6. The van der Waals surface area contributed by atoms with Crippen molar-refractivity contribution < 1.29 is 21.1 Å². The SMILES string of the molecule is [Pt+4].[c-]1ccccc1.[c-]1ccccc1.[c-]1ccccc1.[c-]1ccccc1. The van der Waals surface area contributed by atoms with Gasteiger partial charge in [-0.1, -0.05) is 0 Å². The van der Waals surface area contributed by atoms with Gasteiger partial charge in [0.05, 0.1) is 0 Å². The molecule has 4 rings (SSSR count). The first-order valence-corrected chi connectivity index (χ1v) is 7.64. The van der Waals surface area contributed by atoms with E-state index in [1.807, 2.05) is 121 Å². The number of hydrogen-bond donors (Lipinski definition) is 0. The molecule has 0 unspecified atom stereocenters. The number of benzene rings is 4. The van der Waals surface area contributed by atoms with Gasteiger partial charge in [-0.2, -0.15) is 146 Å². The molecule has 0 saturated heterocycles. The maximum Gasteiger partial charge on any atom is 4.00 e. The van der Waals surface area contributed by atoms with Gasteiger partial charge < -0.3 is 0 Å². The minimum atomic E-state index is 0. The summed E-state index contributed by atoms with van der Waals surface area (Å²) < 4.78 is 0. The van der Waals surface area contributed by atoms with Crippen LogP contribution in [0.15, 0.2) is 121 Å². The quantitative estimate of drug-likeness (QED) is 0.261. The summed E-state index contributed by atoms with van der Waals surface area (Å²) in [5.41, 5.74) is 0. The average Bonchev–Trinajstić information content (AvgIpc) is 2.75. The molecule has 126 valence electrons. The first-order chi connectivity index (χ1) is 12.0. The third kappa shape index (κ3) is 17.8. The van der Waals surface area contributed by atoms with Gasteiger partial charge in [-0.25, -0.2) is 0 Å². The van der Waals surface area contributed by atoms with Crippen LogP contribution < -0.4 is 0 Å². The van der Waals surface area contributed by atoms with Crippen molar-refractivity contribution in [3.05, 3.63) is 146 Å². The Morgan fingerprint density at radius 3 is 0.440 bits per heavy atom. The Morgan fingerprint density at radius 1 is 0.240 bits per heavy atom. The molecule has 0 atom stereocenters. The van der Waals surface area contributed by atoms with Gasteiger partial charge >= 0.3 is 21.1 Å². The number of rotatable bonds is 0. The van der Waals surface area contributed by atoms with Crippen molar-refractivity contribution in [3.8, 4) is 0 Å². The first kappa shape index (κ1) is 22.6. The standard InChI is InChI=1S/4C6H5.Pt/c4*1-2-4-6-5-3-1;/h4*1-5H;/q4*-1;+4. The molecule has 0 N–H and O–H groups in total. The van der Waals surface area contributed by atoms with E-state index in [0.717, 1.165) is 0 Å². The maximum absolute atomic E-state index is 2.89. The predicted molar refractivity (Wildman–Crippen MR) is 101 cm³/mol. The molecule has 1 heteroatoms. The van der Waals surface area contributed by atoms with E-state index < -0.39 is 0 Å². The molecular formula is C24H20Pt. The largest absolute Gasteiger partial charge is 4.00 e. The zero-order valence-corrected chi connectivity index (χ0v) is 16.1. The normalized spacial score (nSPS) is 7.68. The summed E-state index contributed by atoms with van der Waals surface area (Å²) in [6, 6.07) is 50.0. The van der Waals surface area contributed by atoms with E-state index in [1.165, 1.54) is 0 Å². The monoisotopic (exact) mass is 503 g/mol. The Bertz CT molecular complexity index is 420. The summed E-state index contributed by atoms with van der Waals surface area (Å²) in [4.78, 5) is 0. The van der Waals surface area contributed by atoms with Crippen LogP contribution in [0, 0.1) is 24.3 Å². The van der Waals surface area contributed by atoms with E-state index in [0.29, 0.717) is 0 Å². The zero-order valence-electron chi connectivity index (χ0n) is 13.9. The van der Waals surface area contributed by atoms with Gasteiger partial charge in [0, 0.05) is 0 Å². The Hall–Kier alpha value is -2.43. The predicted octanol–water partition coefficient (Wildman–Crippen LogP) is 5.94. The van der Waals surface area contributed by atoms with E-state index in [2.05, 4.69) is 24.3 Å². The topological polar surface area (TPSA) is 0 Å². The van der Waals surface area contributed by atoms with Crippen molar-refractivity contribution in [2.75, 3.05) is 0 Å². The van der Waals surface area contributed by atoms with Gasteiger partial charge in [0.2, 0.25) is 0 Å². The van der Waals surface area contributed by atoms with Crippen LogP contribution in [0.2, 0.25) is 0 Å². The molecule has 0 radical (unpaired) electrons. The smallest absolute Gasteiger partial charge is 0.184 e. The summed E-state index contributed by atoms with van der Waals surface area (Å²) in [5, 5.41) is 0. The van der Waals surface area contributed by atoms with Crippen LogP contribution in [0.3, 0.4) is 0 Å². The van der Waals surface area contributed by atoms with Crippen LogP contribution in [-0.2, 0) is 21.1 Å². The van der Waals surface area contributed by atoms with Gasteiger partial charge in [-0.15, -0.1) is 0 Å². The van der Waals surface area contributed by atoms with Gasteiger partial charge in [0.15, 0.2) is 0 Å². The summed E-state index contributed by atoms with van der Waals surface area (Å²) in [7, 11) is 0. The fourth-order valence-corrected chi connectivity index (χ4v) is 1.37. The number of hydrogen-bond acceptors (Lipinski definition) is 0. The molecule has 25 heavy (non-hydrogen) atoms. The van der Waals surface area contributed by atoms with Crippen molar-refractivity contribution >= 4 is 0 Å². The fourth-order valence-electron chi connectivity index (χ4n) is 1.37. The Morgan fingerprint density at radius 2 is 0.400 bits per heavy atom. The molecule has 0 aliphatic carbocycles. The van der Waals surface area contributed by atoms with Gasteiger partial charge in [-0.05, 0) is 0 Å². The second-order valence-corrected chi connectivity index (χ2v) is 4.31. The molecule has 0 aliphatic rings. The van der Waals surface area contributed by atoms with Crippen molar-refractivity contribution in [1.29, 1.82) is 0 Å². The molecule has 0 fully saturated rings. The van der Waals surface area contributed by atoms with E-state index >= 15 is 0 Å². The Labute approximate surface area is 166 Å². The molecule has 0 spiro atoms. The summed E-state index contributed by atoms with van der Waals surface area (Å²) in [6.07, 6.45) is 0. The van der Waals surface area contributed by atoms with Crippen molar-refractivity contribution in [1.82, 2.24) is 0 Å². The van der Waals surface area contributed by atoms with Crippen LogP contribution in [0.4, 0.5) is 0 Å². The van der Waals surface area contributed by atoms with Crippen LogP contribution in [-0.4, -0.2) is 0 Å². The minimum absolute atomic E-state index is 0. The van der Waals surface area contributed by atoms with Crippen LogP contribution >= 0.6 is 0 Å². The van der Waals surface area contributed by atoms with E-state index in [-0.39, 0.29) is 21.1 Å². The van der Waals surface area contributed by atoms with Crippen molar-refractivity contribution in [3.63, 3.8) is 0 Å². The van der Waals surface area contributed by atoms with Crippen LogP contribution in [0.5, 0.6) is 0 Å². The molecule has 0 bridgehead atoms. The van der Waals surface area contributed by atoms with E-state index in [9.17, 15) is 0 Å². The average molecular weight is 504 g/mol. The zero-order chi connectivity index (χ0) is 17.0. The summed E-state index contributed by atoms with van der Waals surface area (Å²) in [5.74, 6) is 0. The first-order valence-electron chi connectivity index (χ1n) is 7.64. The second-order valence-electron chi connectivity index (χ2n) is 4.31. The summed E-state index contributed by atoms with van der Waals surface area (Å²) in [6.45, 7) is 0. The minimum Gasteiger partial charge on any atom is -0.184 e. The molecule has 0 saturated carbocycles. The molecule has 4 aromatic rings. The molecule has 0 aliphatic heterocycles. The van der Waals surface area contributed by atoms with Crippen molar-refractivity contribution in [2.45, 2.75) is 0 Å². The molecule has 0 aromatic heterocycles. The Kier molecular flexibility index (Phi) is 17.7. The third-order valence-corrected chi connectivity index (χ3v) is 2.43. The van der Waals surface area contributed by atoms with E-state index in [1.54, 1.807) is 0 Å². The van der Waals surface area contributed by atoms with Gasteiger partial charge in [-0.3, -0.25) is 0 Å². The third-order valence-electron chi connectivity index (χ3n) is 2.43. The Balaban J connectivity index is 0.000000303. The van der Waals surface area contributed by atoms with Crippen LogP contribution in [0.1, 0.15) is 0 Å². The molecular weight excluding hydrogens is 483 g/mol. The molecule has 0 amide bonds. The molecule has 4 aromatic carbocycles. The molecule has 0 heterocycles. The van der Waals surface area contributed by atoms with Gasteiger partial charge in [0.25, 0.3) is 0 Å². The van der Waals surface area contributed by atoms with Gasteiger partial charge in [0.1, 0.15) is 0 Å². The summed E-state index contributed by atoms with van der Waals surface area (Å²) >= 11 is 0. The molecule has 0 nitrogen and oxygen atoms in total. The van der Waals surface area contributed by atoms with Crippen molar-refractivity contribution in [2.24, 2.45) is 0 Å². The fraction of sp³-hybridized carbons (Fsp3) is 0. The maximum atomic E-state index is 2.89. The van der Waals surface area contributed by atoms with E-state index in [4.69, 9.17) is 0 Å². The van der Waals surface area contributed by atoms with Crippen LogP contribution in [0.25, 0.3) is 0 Å².